The Labute approximate surface area is 122 Å². The summed E-state index contributed by atoms with van der Waals surface area (Å²) in [4.78, 5) is 0. The Morgan fingerprint density at radius 2 is 2.10 bits per heavy atom. The highest BCUT2D eigenvalue weighted by atomic mass is 16.5. The maximum Gasteiger partial charge on any atom is 0.161 e. The summed E-state index contributed by atoms with van der Waals surface area (Å²) < 4.78 is 7.59. The molecule has 4 nitrogen and oxygen atoms in total. The van der Waals surface area contributed by atoms with Crippen LogP contribution in [0.15, 0.2) is 6.20 Å². The van der Waals surface area contributed by atoms with Crippen LogP contribution in [0, 0.1) is 11.3 Å². The second-order valence-corrected chi connectivity index (χ2v) is 6.68. The van der Waals surface area contributed by atoms with Crippen LogP contribution >= 0.6 is 0 Å². The number of rotatable bonds is 5. The number of methoxy groups -OCH3 is 1. The van der Waals surface area contributed by atoms with Crippen molar-refractivity contribution in [3.63, 3.8) is 0 Å². The number of aromatic nitrogens is 2. The van der Waals surface area contributed by atoms with E-state index in [1.807, 2.05) is 6.20 Å². The zero-order chi connectivity index (χ0) is 14.8. The van der Waals surface area contributed by atoms with Crippen molar-refractivity contribution in [3.05, 3.63) is 11.9 Å². The van der Waals surface area contributed by atoms with Gasteiger partial charge in [0, 0.05) is 6.54 Å². The predicted octanol–water partition coefficient (Wildman–Crippen LogP) is 3.39. The fraction of sp³-hybridized carbons (Fsp3) is 0.812. The molecule has 2 rings (SSSR count). The van der Waals surface area contributed by atoms with E-state index in [9.17, 15) is 0 Å². The van der Waals surface area contributed by atoms with E-state index in [4.69, 9.17) is 4.74 Å². The summed E-state index contributed by atoms with van der Waals surface area (Å²) in [5.74, 6) is 1.58. The summed E-state index contributed by atoms with van der Waals surface area (Å²) in [6.07, 6.45) is 7.00. The van der Waals surface area contributed by atoms with Crippen molar-refractivity contribution in [1.82, 2.24) is 15.1 Å². The van der Waals surface area contributed by atoms with Crippen LogP contribution in [0.3, 0.4) is 0 Å². The Bertz CT molecular complexity index is 407. The van der Waals surface area contributed by atoms with E-state index < -0.39 is 0 Å². The Morgan fingerprint density at radius 1 is 1.45 bits per heavy atom. The average molecular weight is 279 g/mol. The molecule has 1 saturated carbocycles. The minimum Gasteiger partial charge on any atom is -0.493 e. The first-order chi connectivity index (χ1) is 9.52. The fourth-order valence-corrected chi connectivity index (χ4v) is 3.45. The van der Waals surface area contributed by atoms with Crippen LogP contribution in [0.1, 0.15) is 58.2 Å². The SMILES string of the molecule is CCn1ncc(OC)c1C(NC)C1CCC(C)(C)CC1. The molecule has 0 saturated heterocycles. The van der Waals surface area contributed by atoms with Crippen molar-refractivity contribution in [2.24, 2.45) is 11.3 Å². The molecule has 114 valence electrons. The number of nitrogens with zero attached hydrogens (tertiary/aromatic N) is 2. The first-order valence-corrected chi connectivity index (χ1v) is 7.79. The average Bonchev–Trinajstić information content (AvgIpc) is 2.84. The highest BCUT2D eigenvalue weighted by Gasteiger charge is 2.34. The summed E-state index contributed by atoms with van der Waals surface area (Å²) in [5, 5.41) is 7.96. The van der Waals surface area contributed by atoms with Crippen molar-refractivity contribution in [1.29, 1.82) is 0 Å². The molecule has 1 aliphatic carbocycles. The van der Waals surface area contributed by atoms with Gasteiger partial charge in [-0.05, 0) is 51.0 Å². The van der Waals surface area contributed by atoms with Crippen LogP contribution in [0.2, 0.25) is 0 Å². The first kappa shape index (κ1) is 15.4. The lowest BCUT2D eigenvalue weighted by atomic mass is 9.70. The minimum absolute atomic E-state index is 0.337. The van der Waals surface area contributed by atoms with E-state index in [1.165, 1.54) is 31.4 Å². The molecule has 0 amide bonds. The lowest BCUT2D eigenvalue weighted by Gasteiger charge is -2.38. The topological polar surface area (TPSA) is 39.1 Å². The van der Waals surface area contributed by atoms with E-state index >= 15 is 0 Å². The van der Waals surface area contributed by atoms with Crippen LogP contribution in [-0.2, 0) is 6.54 Å². The number of hydrogen-bond acceptors (Lipinski definition) is 3. The van der Waals surface area contributed by atoms with Crippen LogP contribution < -0.4 is 10.1 Å². The molecule has 1 aromatic heterocycles. The van der Waals surface area contributed by atoms with Gasteiger partial charge >= 0.3 is 0 Å². The molecule has 0 bridgehead atoms. The third-order valence-corrected chi connectivity index (χ3v) is 4.83. The molecule has 0 aromatic carbocycles. The van der Waals surface area contributed by atoms with Crippen molar-refractivity contribution in [2.75, 3.05) is 14.2 Å². The Balaban J connectivity index is 2.22. The van der Waals surface area contributed by atoms with Gasteiger partial charge in [0.05, 0.1) is 25.0 Å². The zero-order valence-electron chi connectivity index (χ0n) is 13.6. The van der Waals surface area contributed by atoms with Crippen molar-refractivity contribution in [2.45, 2.75) is 59.0 Å². The van der Waals surface area contributed by atoms with Crippen LogP contribution in [0.25, 0.3) is 0 Å². The highest BCUT2D eigenvalue weighted by Crippen LogP contribution is 2.44. The number of hydrogen-bond donors (Lipinski definition) is 1. The molecule has 1 aromatic rings. The molecular formula is C16H29N3O. The van der Waals surface area contributed by atoms with Crippen molar-refractivity contribution < 1.29 is 4.74 Å². The Hall–Kier alpha value is -1.03. The monoisotopic (exact) mass is 279 g/mol. The second-order valence-electron chi connectivity index (χ2n) is 6.68. The molecule has 1 unspecified atom stereocenters. The Kier molecular flexibility index (Phi) is 4.74. The summed E-state index contributed by atoms with van der Waals surface area (Å²) in [6.45, 7) is 7.78. The van der Waals surface area contributed by atoms with Gasteiger partial charge in [-0.1, -0.05) is 13.8 Å². The lowest BCUT2D eigenvalue weighted by molar-refractivity contribution is 0.160. The van der Waals surface area contributed by atoms with Gasteiger partial charge in [0.25, 0.3) is 0 Å². The van der Waals surface area contributed by atoms with Gasteiger partial charge in [-0.25, -0.2) is 0 Å². The van der Waals surface area contributed by atoms with Gasteiger partial charge in [-0.2, -0.15) is 5.10 Å². The molecule has 1 atom stereocenters. The van der Waals surface area contributed by atoms with Gasteiger partial charge in [0.1, 0.15) is 0 Å². The summed E-state index contributed by atoms with van der Waals surface area (Å²) >= 11 is 0. The van der Waals surface area contributed by atoms with E-state index in [0.29, 0.717) is 17.4 Å². The second kappa shape index (κ2) is 6.17. The fourth-order valence-electron chi connectivity index (χ4n) is 3.45. The predicted molar refractivity (Wildman–Crippen MR) is 82.0 cm³/mol. The molecule has 0 radical (unpaired) electrons. The van der Waals surface area contributed by atoms with Crippen LogP contribution in [0.5, 0.6) is 5.75 Å². The molecule has 0 spiro atoms. The summed E-state index contributed by atoms with van der Waals surface area (Å²) in [6, 6.07) is 0.337. The van der Waals surface area contributed by atoms with Gasteiger partial charge in [0.15, 0.2) is 5.75 Å². The molecule has 1 N–H and O–H groups in total. The maximum atomic E-state index is 5.52. The van der Waals surface area contributed by atoms with Crippen LogP contribution in [0.4, 0.5) is 0 Å². The van der Waals surface area contributed by atoms with Crippen molar-refractivity contribution >= 4 is 0 Å². The van der Waals surface area contributed by atoms with Crippen molar-refractivity contribution in [3.8, 4) is 5.75 Å². The lowest BCUT2D eigenvalue weighted by Crippen LogP contribution is -2.32. The first-order valence-electron chi connectivity index (χ1n) is 7.79. The minimum atomic E-state index is 0.337. The van der Waals surface area contributed by atoms with E-state index in [0.717, 1.165) is 12.3 Å². The quantitative estimate of drug-likeness (QED) is 0.898. The largest absolute Gasteiger partial charge is 0.493 e. The van der Waals surface area contributed by atoms with E-state index in [2.05, 4.69) is 42.9 Å². The third-order valence-electron chi connectivity index (χ3n) is 4.83. The molecule has 1 fully saturated rings. The smallest absolute Gasteiger partial charge is 0.161 e. The number of ether oxygens (including phenoxy) is 1. The highest BCUT2D eigenvalue weighted by molar-refractivity contribution is 5.29. The van der Waals surface area contributed by atoms with E-state index in [-0.39, 0.29) is 0 Å². The zero-order valence-corrected chi connectivity index (χ0v) is 13.6. The molecular weight excluding hydrogens is 250 g/mol. The van der Waals surface area contributed by atoms with Gasteiger partial charge in [-0.3, -0.25) is 4.68 Å². The molecule has 20 heavy (non-hydrogen) atoms. The normalized spacial score (nSPS) is 20.9. The number of nitrogens with one attached hydrogen (secondary N) is 1. The van der Waals surface area contributed by atoms with Gasteiger partial charge < -0.3 is 10.1 Å². The van der Waals surface area contributed by atoms with Gasteiger partial charge in [-0.15, -0.1) is 0 Å². The molecule has 0 aliphatic heterocycles. The summed E-state index contributed by atoms with van der Waals surface area (Å²) in [5.41, 5.74) is 1.71. The third kappa shape index (κ3) is 3.00. The summed E-state index contributed by atoms with van der Waals surface area (Å²) in [7, 11) is 3.79. The number of aryl methyl sites for hydroxylation is 1. The molecule has 1 aliphatic rings. The van der Waals surface area contributed by atoms with Crippen LogP contribution in [-0.4, -0.2) is 23.9 Å². The van der Waals surface area contributed by atoms with Gasteiger partial charge in [0.2, 0.25) is 0 Å². The Morgan fingerprint density at radius 3 is 2.60 bits per heavy atom. The standard InChI is InChI=1S/C16H29N3O/c1-6-19-15(13(20-5)11-18-19)14(17-4)12-7-9-16(2,3)10-8-12/h11-12,14,17H,6-10H2,1-5H3. The molecule has 4 heteroatoms. The molecule has 1 heterocycles. The van der Waals surface area contributed by atoms with E-state index in [1.54, 1.807) is 7.11 Å². The maximum absolute atomic E-state index is 5.52.